The maximum absolute atomic E-state index is 12.8. The lowest BCUT2D eigenvalue weighted by Crippen LogP contribution is -2.15. The molecular formula is C21H17N3O3S. The third-order valence-electron chi connectivity index (χ3n) is 4.77. The van der Waals surface area contributed by atoms with Gasteiger partial charge < -0.3 is 14.0 Å². The van der Waals surface area contributed by atoms with Gasteiger partial charge in [-0.25, -0.2) is 0 Å². The van der Waals surface area contributed by atoms with Crippen LogP contribution in [0.15, 0.2) is 47.5 Å². The lowest BCUT2D eigenvalue weighted by molar-refractivity contribution is 0.0998. The zero-order valence-corrected chi connectivity index (χ0v) is 16.2. The summed E-state index contributed by atoms with van der Waals surface area (Å²) in [6, 6.07) is 13.3. The highest BCUT2D eigenvalue weighted by molar-refractivity contribution is 7.16. The first-order chi connectivity index (χ1) is 13.6. The number of rotatable bonds is 2. The van der Waals surface area contributed by atoms with E-state index in [4.69, 9.17) is 9.47 Å². The van der Waals surface area contributed by atoms with Crippen LogP contribution >= 0.6 is 11.3 Å². The van der Waals surface area contributed by atoms with Gasteiger partial charge in [-0.05, 0) is 38.1 Å². The van der Waals surface area contributed by atoms with E-state index in [9.17, 15) is 4.79 Å². The fraction of sp³-hybridized carbons (Fsp3) is 0.190. The van der Waals surface area contributed by atoms with Crippen molar-refractivity contribution in [3.63, 3.8) is 0 Å². The molecule has 3 heterocycles. The van der Waals surface area contributed by atoms with Crippen molar-refractivity contribution >= 4 is 38.4 Å². The SMILES string of the molecule is CCn1c(=NC(=O)c2ccc3nc(C)ccc3c2)sc2cc3c(cc21)OCO3. The molecular weight excluding hydrogens is 374 g/mol. The van der Waals surface area contributed by atoms with Crippen LogP contribution < -0.4 is 14.3 Å². The largest absolute Gasteiger partial charge is 0.454 e. The molecule has 1 amide bonds. The number of nitrogens with zero attached hydrogens (tertiary/aromatic N) is 3. The van der Waals surface area contributed by atoms with E-state index in [-0.39, 0.29) is 12.7 Å². The van der Waals surface area contributed by atoms with Crippen molar-refractivity contribution in [2.75, 3.05) is 6.79 Å². The Kier molecular flexibility index (Phi) is 3.91. The quantitative estimate of drug-likeness (QED) is 0.517. The van der Waals surface area contributed by atoms with Crippen LogP contribution in [-0.4, -0.2) is 22.3 Å². The van der Waals surface area contributed by atoms with Gasteiger partial charge >= 0.3 is 0 Å². The number of thiazole rings is 1. The molecule has 0 unspecified atom stereocenters. The van der Waals surface area contributed by atoms with Crippen molar-refractivity contribution in [3.8, 4) is 11.5 Å². The van der Waals surface area contributed by atoms with Crippen molar-refractivity contribution in [2.45, 2.75) is 20.4 Å². The molecule has 0 saturated carbocycles. The van der Waals surface area contributed by atoms with E-state index in [2.05, 4.69) is 9.98 Å². The van der Waals surface area contributed by atoms with Gasteiger partial charge in [-0.3, -0.25) is 9.78 Å². The predicted octanol–water partition coefficient (Wildman–Crippen LogP) is 4.05. The number of benzene rings is 2. The number of fused-ring (bicyclic) bond motifs is 3. The minimum Gasteiger partial charge on any atom is -0.454 e. The lowest BCUT2D eigenvalue weighted by atomic mass is 10.1. The highest BCUT2D eigenvalue weighted by Gasteiger charge is 2.17. The summed E-state index contributed by atoms with van der Waals surface area (Å²) in [4.78, 5) is 22.4. The first kappa shape index (κ1) is 16.9. The number of carbonyl (C=O) groups excluding carboxylic acids is 1. The summed E-state index contributed by atoms with van der Waals surface area (Å²) in [5.74, 6) is 1.19. The number of pyridine rings is 1. The minimum absolute atomic E-state index is 0.241. The zero-order valence-electron chi connectivity index (χ0n) is 15.4. The van der Waals surface area contributed by atoms with Crippen LogP contribution in [0.1, 0.15) is 23.0 Å². The van der Waals surface area contributed by atoms with Gasteiger partial charge in [0.15, 0.2) is 16.3 Å². The van der Waals surface area contributed by atoms with E-state index < -0.39 is 0 Å². The topological polar surface area (TPSA) is 65.7 Å². The van der Waals surface area contributed by atoms with Crippen molar-refractivity contribution in [2.24, 2.45) is 4.99 Å². The second-order valence-electron chi connectivity index (χ2n) is 6.58. The van der Waals surface area contributed by atoms with Crippen molar-refractivity contribution in [3.05, 3.63) is 58.5 Å². The molecule has 28 heavy (non-hydrogen) atoms. The number of amides is 1. The molecule has 6 nitrogen and oxygen atoms in total. The van der Waals surface area contributed by atoms with Crippen LogP contribution in [0.3, 0.4) is 0 Å². The second-order valence-corrected chi connectivity index (χ2v) is 7.59. The molecule has 7 heteroatoms. The standard InChI is InChI=1S/C21H17N3O3S/c1-3-24-16-9-17-18(27-11-26-17)10-19(16)28-21(24)23-20(25)14-6-7-15-13(8-14)5-4-12(2)22-15/h4-10H,3,11H2,1-2H3. The van der Waals surface area contributed by atoms with Crippen molar-refractivity contribution in [1.29, 1.82) is 0 Å². The van der Waals surface area contributed by atoms with Crippen molar-refractivity contribution < 1.29 is 14.3 Å². The Morgan fingerprint density at radius 3 is 2.82 bits per heavy atom. The van der Waals surface area contributed by atoms with Gasteiger partial charge in [-0.2, -0.15) is 4.99 Å². The molecule has 0 aliphatic carbocycles. The van der Waals surface area contributed by atoms with Crippen LogP contribution in [-0.2, 0) is 6.54 Å². The fourth-order valence-electron chi connectivity index (χ4n) is 3.36. The summed E-state index contributed by atoms with van der Waals surface area (Å²) in [5, 5.41) is 0.928. The Morgan fingerprint density at radius 2 is 2.00 bits per heavy atom. The molecule has 0 N–H and O–H groups in total. The van der Waals surface area contributed by atoms with Gasteiger partial charge in [-0.1, -0.05) is 17.4 Å². The van der Waals surface area contributed by atoms with E-state index >= 15 is 0 Å². The molecule has 5 rings (SSSR count). The number of hydrogen-bond acceptors (Lipinski definition) is 5. The van der Waals surface area contributed by atoms with Crippen LogP contribution in [0.4, 0.5) is 0 Å². The highest BCUT2D eigenvalue weighted by atomic mass is 32.1. The van der Waals surface area contributed by atoms with E-state index in [1.807, 2.05) is 54.8 Å². The Balaban J connectivity index is 1.61. The Bertz CT molecular complexity index is 1320. The Morgan fingerprint density at radius 1 is 1.18 bits per heavy atom. The molecule has 4 aromatic rings. The number of aryl methyl sites for hydroxylation is 2. The normalized spacial score (nSPS) is 13.6. The molecule has 2 aromatic carbocycles. The van der Waals surface area contributed by atoms with Crippen LogP contribution in [0.2, 0.25) is 0 Å². The number of aromatic nitrogens is 2. The predicted molar refractivity (Wildman–Crippen MR) is 108 cm³/mol. The number of hydrogen-bond donors (Lipinski definition) is 0. The molecule has 0 saturated heterocycles. The molecule has 0 spiro atoms. The molecule has 140 valence electrons. The van der Waals surface area contributed by atoms with E-state index in [0.717, 1.165) is 38.3 Å². The van der Waals surface area contributed by atoms with E-state index in [0.29, 0.717) is 16.9 Å². The molecule has 1 aliphatic heterocycles. The zero-order chi connectivity index (χ0) is 19.3. The van der Waals surface area contributed by atoms with Gasteiger partial charge in [0.2, 0.25) is 6.79 Å². The summed E-state index contributed by atoms with van der Waals surface area (Å²) in [6.45, 7) is 4.92. The first-order valence-corrected chi connectivity index (χ1v) is 9.83. The fourth-order valence-corrected chi connectivity index (χ4v) is 4.47. The Hall–Kier alpha value is -3.19. The third kappa shape index (κ3) is 2.75. The summed E-state index contributed by atoms with van der Waals surface area (Å²) in [5.41, 5.74) is 3.36. The maximum atomic E-state index is 12.8. The van der Waals surface area contributed by atoms with E-state index in [1.54, 1.807) is 6.07 Å². The average molecular weight is 391 g/mol. The lowest BCUT2D eigenvalue weighted by Gasteiger charge is -2.02. The molecule has 0 bridgehead atoms. The van der Waals surface area contributed by atoms with Crippen LogP contribution in [0.5, 0.6) is 11.5 Å². The smallest absolute Gasteiger partial charge is 0.279 e. The van der Waals surface area contributed by atoms with Crippen LogP contribution in [0, 0.1) is 6.92 Å². The van der Waals surface area contributed by atoms with Gasteiger partial charge in [-0.15, -0.1) is 0 Å². The summed E-state index contributed by atoms with van der Waals surface area (Å²) < 4.78 is 14.0. The van der Waals surface area contributed by atoms with Crippen LogP contribution in [0.25, 0.3) is 21.1 Å². The molecule has 0 fully saturated rings. The van der Waals surface area contributed by atoms with Gasteiger partial charge in [0.1, 0.15) is 0 Å². The monoisotopic (exact) mass is 391 g/mol. The van der Waals surface area contributed by atoms with Gasteiger partial charge in [0, 0.05) is 35.3 Å². The van der Waals surface area contributed by atoms with E-state index in [1.165, 1.54) is 11.3 Å². The van der Waals surface area contributed by atoms with Gasteiger partial charge in [0.25, 0.3) is 5.91 Å². The highest BCUT2D eigenvalue weighted by Crippen LogP contribution is 2.36. The molecule has 0 atom stereocenters. The second kappa shape index (κ2) is 6.45. The van der Waals surface area contributed by atoms with Crippen molar-refractivity contribution in [1.82, 2.24) is 9.55 Å². The number of ether oxygens (including phenoxy) is 2. The average Bonchev–Trinajstić information content (AvgIpc) is 3.28. The maximum Gasteiger partial charge on any atom is 0.279 e. The van der Waals surface area contributed by atoms with Gasteiger partial charge in [0.05, 0.1) is 15.7 Å². The minimum atomic E-state index is -0.267. The molecule has 2 aromatic heterocycles. The summed E-state index contributed by atoms with van der Waals surface area (Å²) >= 11 is 1.47. The summed E-state index contributed by atoms with van der Waals surface area (Å²) in [7, 11) is 0. The summed E-state index contributed by atoms with van der Waals surface area (Å²) in [6.07, 6.45) is 0. The Labute approximate surface area is 164 Å². The molecule has 0 radical (unpaired) electrons. The number of carbonyl (C=O) groups is 1. The molecule has 1 aliphatic rings. The third-order valence-corrected chi connectivity index (χ3v) is 5.81. The first-order valence-electron chi connectivity index (χ1n) is 9.02.